The van der Waals surface area contributed by atoms with E-state index in [2.05, 4.69) is 4.98 Å². The summed E-state index contributed by atoms with van der Waals surface area (Å²) in [5, 5.41) is 0.837. The standard InChI is InChI=1S/C25H23N3O3S2/c1-17(24-26-21-11-4-6-13-23(21)32-24)27(2)25(29)19-9-7-10-20(16-19)33(30,31)28-15-14-18-8-3-5-12-22(18)28/h3-13,16-17H,14-15H2,1-2H3/t17-/m1/s1. The molecule has 4 aromatic rings. The van der Waals surface area contributed by atoms with Crippen molar-refractivity contribution in [2.75, 3.05) is 17.9 Å². The molecule has 0 spiro atoms. The van der Waals surface area contributed by atoms with Crippen molar-refractivity contribution in [3.05, 3.63) is 88.9 Å². The molecule has 0 saturated heterocycles. The van der Waals surface area contributed by atoms with Crippen LogP contribution in [0.2, 0.25) is 0 Å². The number of hydrogen-bond acceptors (Lipinski definition) is 5. The number of para-hydroxylation sites is 2. The summed E-state index contributed by atoms with van der Waals surface area (Å²) in [6.07, 6.45) is 0.677. The number of amides is 1. The van der Waals surface area contributed by atoms with Gasteiger partial charge in [0.15, 0.2) is 0 Å². The average Bonchev–Trinajstić information content (AvgIpc) is 3.47. The van der Waals surface area contributed by atoms with Crippen LogP contribution in [0.3, 0.4) is 0 Å². The normalized spacial score (nSPS) is 14.3. The van der Waals surface area contributed by atoms with Crippen molar-refractivity contribution < 1.29 is 13.2 Å². The number of carbonyl (C=O) groups is 1. The van der Waals surface area contributed by atoms with Gasteiger partial charge in [-0.3, -0.25) is 9.10 Å². The Morgan fingerprint density at radius 1 is 1.06 bits per heavy atom. The molecular formula is C25H23N3O3S2. The number of nitrogens with zero attached hydrogens (tertiary/aromatic N) is 3. The molecule has 1 aliphatic rings. The number of fused-ring (bicyclic) bond motifs is 2. The van der Waals surface area contributed by atoms with Crippen LogP contribution in [0, 0.1) is 0 Å². The third-order valence-corrected chi connectivity index (χ3v) is 9.10. The number of aromatic nitrogens is 1. The number of anilines is 1. The summed E-state index contributed by atoms with van der Waals surface area (Å²) in [4.78, 5) is 19.7. The van der Waals surface area contributed by atoms with E-state index in [9.17, 15) is 13.2 Å². The molecule has 3 aromatic carbocycles. The van der Waals surface area contributed by atoms with Crippen molar-refractivity contribution in [1.82, 2.24) is 9.88 Å². The summed E-state index contributed by atoms with van der Waals surface area (Å²) >= 11 is 1.56. The summed E-state index contributed by atoms with van der Waals surface area (Å²) in [5.41, 5.74) is 2.96. The Kier molecular flexibility index (Phi) is 5.42. The summed E-state index contributed by atoms with van der Waals surface area (Å²) in [6, 6.07) is 21.4. The average molecular weight is 478 g/mol. The lowest BCUT2D eigenvalue weighted by molar-refractivity contribution is 0.0742. The molecule has 0 N–H and O–H groups in total. The Balaban J connectivity index is 1.42. The first-order valence-electron chi connectivity index (χ1n) is 10.7. The second kappa shape index (κ2) is 8.28. The third-order valence-electron chi connectivity index (χ3n) is 6.08. The minimum absolute atomic E-state index is 0.117. The third kappa shape index (κ3) is 3.79. The van der Waals surface area contributed by atoms with Crippen molar-refractivity contribution in [1.29, 1.82) is 0 Å². The quantitative estimate of drug-likeness (QED) is 0.411. The molecule has 0 bridgehead atoms. The van der Waals surface area contributed by atoms with E-state index in [0.717, 1.165) is 20.8 Å². The predicted molar refractivity (Wildman–Crippen MR) is 131 cm³/mol. The maximum Gasteiger partial charge on any atom is 0.264 e. The Morgan fingerprint density at radius 3 is 2.64 bits per heavy atom. The zero-order valence-corrected chi connectivity index (χ0v) is 19.9. The van der Waals surface area contributed by atoms with Crippen LogP contribution >= 0.6 is 11.3 Å². The van der Waals surface area contributed by atoms with Gasteiger partial charge in [0.2, 0.25) is 0 Å². The minimum atomic E-state index is -3.77. The predicted octanol–water partition coefficient (Wildman–Crippen LogP) is 4.88. The highest BCUT2D eigenvalue weighted by atomic mass is 32.2. The molecule has 0 unspecified atom stereocenters. The van der Waals surface area contributed by atoms with Gasteiger partial charge in [-0.1, -0.05) is 36.4 Å². The lowest BCUT2D eigenvalue weighted by Gasteiger charge is -2.24. The summed E-state index contributed by atoms with van der Waals surface area (Å²) in [6.45, 7) is 2.33. The smallest absolute Gasteiger partial charge is 0.264 e. The van der Waals surface area contributed by atoms with Gasteiger partial charge in [0, 0.05) is 19.2 Å². The van der Waals surface area contributed by atoms with Crippen LogP contribution in [0.15, 0.2) is 77.7 Å². The lowest BCUT2D eigenvalue weighted by Crippen LogP contribution is -2.31. The molecule has 0 radical (unpaired) electrons. The van der Waals surface area contributed by atoms with Crippen LogP contribution in [0.1, 0.15) is 33.9 Å². The van der Waals surface area contributed by atoms with Gasteiger partial charge in [0.05, 0.1) is 26.8 Å². The van der Waals surface area contributed by atoms with Crippen LogP contribution in [-0.2, 0) is 16.4 Å². The van der Waals surface area contributed by atoms with Crippen molar-refractivity contribution in [3.8, 4) is 0 Å². The Morgan fingerprint density at radius 2 is 1.82 bits per heavy atom. The molecule has 5 rings (SSSR count). The fourth-order valence-corrected chi connectivity index (χ4v) is 6.70. The fraction of sp³-hybridized carbons (Fsp3) is 0.200. The van der Waals surface area contributed by atoms with E-state index in [4.69, 9.17) is 0 Å². The van der Waals surface area contributed by atoms with E-state index in [1.54, 1.807) is 41.5 Å². The van der Waals surface area contributed by atoms with Crippen molar-refractivity contribution >= 4 is 43.2 Å². The van der Waals surface area contributed by atoms with Gasteiger partial charge in [-0.15, -0.1) is 11.3 Å². The lowest BCUT2D eigenvalue weighted by atomic mass is 10.2. The van der Waals surface area contributed by atoms with Crippen LogP contribution in [0.4, 0.5) is 5.69 Å². The molecule has 1 amide bonds. The zero-order chi connectivity index (χ0) is 23.2. The van der Waals surface area contributed by atoms with Crippen LogP contribution in [0.5, 0.6) is 0 Å². The second-order valence-corrected chi connectivity index (χ2v) is 11.0. The van der Waals surface area contributed by atoms with Crippen LogP contribution < -0.4 is 4.31 Å². The monoisotopic (exact) mass is 477 g/mol. The van der Waals surface area contributed by atoms with Gasteiger partial charge >= 0.3 is 0 Å². The Bertz CT molecular complexity index is 1430. The van der Waals surface area contributed by atoms with E-state index in [1.165, 1.54) is 10.4 Å². The van der Waals surface area contributed by atoms with Gasteiger partial charge in [0.1, 0.15) is 5.01 Å². The number of thiazole rings is 1. The number of benzene rings is 3. The molecule has 2 heterocycles. The van der Waals surface area contributed by atoms with Gasteiger partial charge in [-0.2, -0.15) is 0 Å². The van der Waals surface area contributed by atoms with E-state index >= 15 is 0 Å². The molecule has 6 nitrogen and oxygen atoms in total. The molecular weight excluding hydrogens is 454 g/mol. The molecule has 1 atom stereocenters. The summed E-state index contributed by atoms with van der Waals surface area (Å²) in [5.74, 6) is -0.249. The van der Waals surface area contributed by atoms with Gasteiger partial charge < -0.3 is 4.90 Å². The van der Waals surface area contributed by atoms with Crippen LogP contribution in [0.25, 0.3) is 10.2 Å². The summed E-state index contributed by atoms with van der Waals surface area (Å²) in [7, 11) is -2.05. The molecule has 33 heavy (non-hydrogen) atoms. The molecule has 0 fully saturated rings. The molecule has 1 aliphatic heterocycles. The van der Waals surface area contributed by atoms with Gasteiger partial charge in [-0.25, -0.2) is 13.4 Å². The van der Waals surface area contributed by atoms with Crippen molar-refractivity contribution in [2.45, 2.75) is 24.3 Å². The maximum atomic E-state index is 13.4. The number of sulfonamides is 1. The van der Waals surface area contributed by atoms with Crippen LogP contribution in [-0.4, -0.2) is 37.8 Å². The van der Waals surface area contributed by atoms with Crippen molar-refractivity contribution in [2.24, 2.45) is 0 Å². The highest BCUT2D eigenvalue weighted by Gasteiger charge is 2.31. The maximum absolute atomic E-state index is 13.4. The first-order chi connectivity index (χ1) is 15.9. The zero-order valence-electron chi connectivity index (χ0n) is 18.3. The fourth-order valence-electron chi connectivity index (χ4n) is 4.09. The van der Waals surface area contributed by atoms with E-state index < -0.39 is 10.0 Å². The first-order valence-corrected chi connectivity index (χ1v) is 13.0. The molecule has 0 aliphatic carbocycles. The molecule has 0 saturated carbocycles. The second-order valence-electron chi connectivity index (χ2n) is 8.10. The highest BCUT2D eigenvalue weighted by molar-refractivity contribution is 7.92. The SMILES string of the molecule is C[C@H](c1nc2ccccc2s1)N(C)C(=O)c1cccc(S(=O)(=O)N2CCc3ccccc32)c1. The van der Waals surface area contributed by atoms with Gasteiger partial charge in [0.25, 0.3) is 15.9 Å². The van der Waals surface area contributed by atoms with E-state index in [-0.39, 0.29) is 16.8 Å². The Labute approximate surface area is 197 Å². The van der Waals surface area contributed by atoms with Gasteiger partial charge in [-0.05, 0) is 55.3 Å². The Hall–Kier alpha value is -3.23. The first kappa shape index (κ1) is 21.6. The topological polar surface area (TPSA) is 70.6 Å². The molecule has 8 heteroatoms. The number of rotatable bonds is 5. The van der Waals surface area contributed by atoms with Crippen molar-refractivity contribution in [3.63, 3.8) is 0 Å². The molecule has 1 aromatic heterocycles. The minimum Gasteiger partial charge on any atom is -0.333 e. The number of carbonyl (C=O) groups excluding carboxylic acids is 1. The van der Waals surface area contributed by atoms with E-state index in [0.29, 0.717) is 24.2 Å². The highest BCUT2D eigenvalue weighted by Crippen LogP contribution is 2.33. The summed E-state index contributed by atoms with van der Waals surface area (Å²) < 4.78 is 29.3. The largest absolute Gasteiger partial charge is 0.333 e. The number of hydrogen-bond donors (Lipinski definition) is 0. The van der Waals surface area contributed by atoms with E-state index in [1.807, 2.05) is 55.5 Å². The molecule has 168 valence electrons.